The zero-order chi connectivity index (χ0) is 19.4. The number of hydrogen-bond donors (Lipinski definition) is 1. The number of halogens is 1. The zero-order valence-corrected chi connectivity index (χ0v) is 17.0. The smallest absolute Gasteiger partial charge is 0.243 e. The molecule has 7 heteroatoms. The van der Waals surface area contributed by atoms with E-state index in [-0.39, 0.29) is 0 Å². The predicted octanol–water partition coefficient (Wildman–Crippen LogP) is 3.08. The van der Waals surface area contributed by atoms with Gasteiger partial charge in [0.05, 0.1) is 11.0 Å². The molecule has 0 spiro atoms. The van der Waals surface area contributed by atoms with Crippen molar-refractivity contribution in [1.82, 2.24) is 9.21 Å². The van der Waals surface area contributed by atoms with E-state index in [1.54, 1.807) is 28.6 Å². The number of sulfonamides is 1. The van der Waals surface area contributed by atoms with Crippen LogP contribution in [-0.4, -0.2) is 55.5 Å². The lowest BCUT2D eigenvalue weighted by molar-refractivity contribution is 0.116. The number of β-amino-alcohol motifs (C(OH)–C–C–N with tert-alkyl or cyclic N) is 1. The summed E-state index contributed by atoms with van der Waals surface area (Å²) < 4.78 is 27.3. The van der Waals surface area contributed by atoms with Gasteiger partial charge < -0.3 is 5.11 Å². The lowest BCUT2D eigenvalue weighted by Crippen LogP contribution is -2.36. The molecular weight excluding hydrogens is 384 g/mol. The fraction of sp³-hybridized carbons (Fsp3) is 0.400. The highest BCUT2D eigenvalue weighted by atomic mass is 35.5. The van der Waals surface area contributed by atoms with E-state index in [4.69, 9.17) is 11.6 Å². The van der Waals surface area contributed by atoms with Crippen LogP contribution in [0.4, 0.5) is 0 Å². The van der Waals surface area contributed by atoms with Crippen molar-refractivity contribution >= 4 is 21.6 Å². The molecule has 0 saturated carbocycles. The summed E-state index contributed by atoms with van der Waals surface area (Å²) in [6.07, 6.45) is 0.112. The molecule has 27 heavy (non-hydrogen) atoms. The first-order valence-corrected chi connectivity index (χ1v) is 10.9. The maximum atomic E-state index is 12.9. The minimum atomic E-state index is -3.48. The molecule has 3 rings (SSSR count). The van der Waals surface area contributed by atoms with E-state index in [2.05, 4.69) is 4.90 Å². The first kappa shape index (κ1) is 20.3. The van der Waals surface area contributed by atoms with Crippen molar-refractivity contribution < 1.29 is 13.5 Å². The van der Waals surface area contributed by atoms with Crippen LogP contribution in [0.15, 0.2) is 53.4 Å². The van der Waals surface area contributed by atoms with E-state index in [0.29, 0.717) is 36.1 Å². The van der Waals surface area contributed by atoms with Gasteiger partial charge in [-0.05, 0) is 49.7 Å². The molecule has 1 saturated heterocycles. The Labute approximate surface area is 166 Å². The number of rotatable bonds is 5. The highest BCUT2D eigenvalue weighted by Gasteiger charge is 2.27. The summed E-state index contributed by atoms with van der Waals surface area (Å²) >= 11 is 5.89. The van der Waals surface area contributed by atoms with Crippen LogP contribution in [0.3, 0.4) is 0 Å². The van der Waals surface area contributed by atoms with Crippen molar-refractivity contribution in [3.63, 3.8) is 0 Å². The van der Waals surface area contributed by atoms with E-state index in [1.165, 1.54) is 0 Å². The van der Waals surface area contributed by atoms with Gasteiger partial charge in [-0.2, -0.15) is 4.31 Å². The number of aliphatic hydroxyl groups is 1. The number of hydrogen-bond acceptors (Lipinski definition) is 4. The molecule has 1 atom stereocenters. The van der Waals surface area contributed by atoms with E-state index in [0.717, 1.165) is 24.1 Å². The first-order chi connectivity index (χ1) is 12.9. The van der Waals surface area contributed by atoms with Crippen molar-refractivity contribution in [2.75, 3.05) is 32.7 Å². The number of aliphatic hydroxyl groups excluding tert-OH is 1. The van der Waals surface area contributed by atoms with Gasteiger partial charge in [-0.1, -0.05) is 41.4 Å². The lowest BCUT2D eigenvalue weighted by Gasteiger charge is -2.24. The van der Waals surface area contributed by atoms with E-state index < -0.39 is 16.1 Å². The molecule has 1 aliphatic rings. The standard InChI is InChI=1S/C20H25ClN2O3S/c1-16-3-9-19(10-4-16)27(25,26)23-12-2-11-22(13-14-23)15-20(24)17-5-7-18(21)8-6-17/h3-10,20,24H,2,11-15H2,1H3. The van der Waals surface area contributed by atoms with Gasteiger partial charge in [0, 0.05) is 31.2 Å². The van der Waals surface area contributed by atoms with Crippen LogP contribution in [0.5, 0.6) is 0 Å². The summed E-state index contributed by atoms with van der Waals surface area (Å²) in [5, 5.41) is 11.1. The third-order valence-electron chi connectivity index (χ3n) is 4.89. The SMILES string of the molecule is Cc1ccc(S(=O)(=O)N2CCCN(CC(O)c3ccc(Cl)cc3)CC2)cc1. The van der Waals surface area contributed by atoms with Crippen LogP contribution >= 0.6 is 11.6 Å². The number of benzene rings is 2. The van der Waals surface area contributed by atoms with Gasteiger partial charge in [-0.25, -0.2) is 8.42 Å². The molecule has 2 aromatic carbocycles. The minimum Gasteiger partial charge on any atom is -0.387 e. The Hall–Kier alpha value is -1.44. The highest BCUT2D eigenvalue weighted by molar-refractivity contribution is 7.89. The molecule has 1 heterocycles. The average Bonchev–Trinajstić information content (AvgIpc) is 2.89. The molecule has 0 radical (unpaired) electrons. The molecule has 0 amide bonds. The van der Waals surface area contributed by atoms with Crippen LogP contribution in [0.2, 0.25) is 5.02 Å². The number of aryl methyl sites for hydroxylation is 1. The van der Waals surface area contributed by atoms with E-state index in [9.17, 15) is 13.5 Å². The summed E-state index contributed by atoms with van der Waals surface area (Å²) in [6.45, 7) is 4.67. The van der Waals surface area contributed by atoms with Gasteiger partial charge in [0.15, 0.2) is 0 Å². The average molecular weight is 409 g/mol. The fourth-order valence-corrected chi connectivity index (χ4v) is 4.86. The minimum absolute atomic E-state index is 0.336. The molecule has 0 bridgehead atoms. The van der Waals surface area contributed by atoms with Gasteiger partial charge in [0.25, 0.3) is 0 Å². The van der Waals surface area contributed by atoms with E-state index in [1.807, 2.05) is 31.2 Å². The Bertz CT molecular complexity index is 854. The Balaban J connectivity index is 1.63. The summed E-state index contributed by atoms with van der Waals surface area (Å²) in [4.78, 5) is 2.45. The molecule has 5 nitrogen and oxygen atoms in total. The molecule has 1 fully saturated rings. The fourth-order valence-electron chi connectivity index (χ4n) is 3.26. The molecule has 1 unspecified atom stereocenters. The van der Waals surface area contributed by atoms with Crippen LogP contribution < -0.4 is 0 Å². The molecule has 0 aromatic heterocycles. The van der Waals surface area contributed by atoms with Crippen molar-refractivity contribution in [1.29, 1.82) is 0 Å². The van der Waals surface area contributed by atoms with Crippen LogP contribution in [0.25, 0.3) is 0 Å². The van der Waals surface area contributed by atoms with Gasteiger partial charge >= 0.3 is 0 Å². The summed E-state index contributed by atoms with van der Waals surface area (Å²) in [6, 6.07) is 14.1. The maximum absolute atomic E-state index is 12.9. The quantitative estimate of drug-likeness (QED) is 0.825. The Morgan fingerprint density at radius 1 is 1.00 bits per heavy atom. The zero-order valence-electron chi connectivity index (χ0n) is 15.4. The van der Waals surface area contributed by atoms with Gasteiger partial charge in [0.1, 0.15) is 0 Å². The lowest BCUT2D eigenvalue weighted by atomic mass is 10.1. The predicted molar refractivity (Wildman–Crippen MR) is 107 cm³/mol. The summed E-state index contributed by atoms with van der Waals surface area (Å²) in [5.41, 5.74) is 1.85. The van der Waals surface area contributed by atoms with Crippen molar-refractivity contribution in [3.8, 4) is 0 Å². The molecule has 2 aromatic rings. The monoisotopic (exact) mass is 408 g/mol. The third-order valence-corrected chi connectivity index (χ3v) is 7.06. The summed E-state index contributed by atoms with van der Waals surface area (Å²) in [7, 11) is -3.48. The topological polar surface area (TPSA) is 60.9 Å². The highest BCUT2D eigenvalue weighted by Crippen LogP contribution is 2.21. The second-order valence-electron chi connectivity index (χ2n) is 6.94. The molecule has 0 aliphatic carbocycles. The molecule has 1 N–H and O–H groups in total. The van der Waals surface area contributed by atoms with Crippen molar-refractivity contribution in [2.45, 2.75) is 24.3 Å². The van der Waals surface area contributed by atoms with Gasteiger partial charge in [0.2, 0.25) is 10.0 Å². The van der Waals surface area contributed by atoms with Crippen LogP contribution in [0, 0.1) is 6.92 Å². The summed E-state index contributed by atoms with van der Waals surface area (Å²) in [5.74, 6) is 0. The second kappa shape index (κ2) is 8.71. The Morgan fingerprint density at radius 3 is 2.33 bits per heavy atom. The van der Waals surface area contributed by atoms with Crippen molar-refractivity contribution in [2.24, 2.45) is 0 Å². The van der Waals surface area contributed by atoms with Gasteiger partial charge in [-0.3, -0.25) is 4.90 Å². The van der Waals surface area contributed by atoms with Crippen LogP contribution in [-0.2, 0) is 10.0 Å². The van der Waals surface area contributed by atoms with Crippen molar-refractivity contribution in [3.05, 3.63) is 64.7 Å². The normalized spacial score (nSPS) is 18.2. The van der Waals surface area contributed by atoms with Gasteiger partial charge in [-0.15, -0.1) is 0 Å². The van der Waals surface area contributed by atoms with Crippen LogP contribution in [0.1, 0.15) is 23.7 Å². The largest absolute Gasteiger partial charge is 0.387 e. The maximum Gasteiger partial charge on any atom is 0.243 e. The third kappa shape index (κ3) is 5.09. The van der Waals surface area contributed by atoms with E-state index >= 15 is 0 Å². The Kier molecular flexibility index (Phi) is 6.55. The Morgan fingerprint density at radius 2 is 1.67 bits per heavy atom. The molecule has 1 aliphatic heterocycles. The second-order valence-corrected chi connectivity index (χ2v) is 9.31. The first-order valence-electron chi connectivity index (χ1n) is 9.09. The number of nitrogens with zero attached hydrogens (tertiary/aromatic N) is 2. The molecular formula is C20H25ClN2O3S. The molecule has 146 valence electrons.